The van der Waals surface area contributed by atoms with E-state index in [1.807, 2.05) is 11.8 Å². The molecule has 0 spiro atoms. The van der Waals surface area contributed by atoms with Crippen molar-refractivity contribution in [2.45, 2.75) is 13.0 Å². The fourth-order valence-electron chi connectivity index (χ4n) is 1.54. The van der Waals surface area contributed by atoms with E-state index in [0.29, 0.717) is 12.3 Å². The van der Waals surface area contributed by atoms with Crippen LogP contribution in [0.25, 0.3) is 0 Å². The third-order valence-electron chi connectivity index (χ3n) is 2.38. The summed E-state index contributed by atoms with van der Waals surface area (Å²) in [5.74, 6) is 1.05. The molecule has 0 saturated carbocycles. The van der Waals surface area contributed by atoms with E-state index in [-0.39, 0.29) is 18.6 Å². The summed E-state index contributed by atoms with van der Waals surface area (Å²) in [6, 6.07) is -0.372. The molecule has 0 aliphatic carbocycles. The lowest BCUT2D eigenvalue weighted by Crippen LogP contribution is -2.49. The minimum atomic E-state index is -0.748. The van der Waals surface area contributed by atoms with Crippen molar-refractivity contribution in [2.75, 3.05) is 31.2 Å². The second-order valence-electron chi connectivity index (χ2n) is 3.71. The number of thioether (sulfide) groups is 1. The van der Waals surface area contributed by atoms with E-state index in [9.17, 15) is 4.79 Å². The Morgan fingerprint density at radius 1 is 1.71 bits per heavy atom. The number of aliphatic carboxylic acids is 1. The van der Waals surface area contributed by atoms with E-state index in [2.05, 4.69) is 0 Å². The summed E-state index contributed by atoms with van der Waals surface area (Å²) in [6.07, 6.45) is 0. The molecule has 0 radical (unpaired) electrons. The van der Waals surface area contributed by atoms with Crippen LogP contribution in [0.4, 0.5) is 0 Å². The van der Waals surface area contributed by atoms with E-state index in [4.69, 9.17) is 10.2 Å². The Balaban J connectivity index is 2.49. The lowest BCUT2D eigenvalue weighted by molar-refractivity contribution is -0.142. The smallest absolute Gasteiger partial charge is 0.321 e. The fourth-order valence-corrected chi connectivity index (χ4v) is 2.65. The van der Waals surface area contributed by atoms with Crippen molar-refractivity contribution in [3.63, 3.8) is 0 Å². The summed E-state index contributed by atoms with van der Waals surface area (Å²) < 4.78 is 0. The van der Waals surface area contributed by atoms with Gasteiger partial charge in [0.1, 0.15) is 6.04 Å². The van der Waals surface area contributed by atoms with Gasteiger partial charge in [0.2, 0.25) is 0 Å². The number of carboxylic acid groups (broad SMARTS) is 1. The largest absolute Gasteiger partial charge is 0.480 e. The quantitative estimate of drug-likeness (QED) is 0.703. The van der Waals surface area contributed by atoms with Gasteiger partial charge in [0.25, 0.3) is 0 Å². The van der Waals surface area contributed by atoms with E-state index < -0.39 is 5.97 Å². The zero-order chi connectivity index (χ0) is 10.6. The van der Waals surface area contributed by atoms with Gasteiger partial charge in [-0.1, -0.05) is 6.92 Å². The van der Waals surface area contributed by atoms with Crippen LogP contribution in [0.5, 0.6) is 0 Å². The first-order valence-corrected chi connectivity index (χ1v) is 5.96. The molecule has 2 atom stereocenters. The lowest BCUT2D eigenvalue weighted by Gasteiger charge is -2.33. The highest BCUT2D eigenvalue weighted by Crippen LogP contribution is 2.17. The van der Waals surface area contributed by atoms with Crippen LogP contribution >= 0.6 is 11.8 Å². The predicted molar refractivity (Wildman–Crippen MR) is 56.6 cm³/mol. The third kappa shape index (κ3) is 3.15. The Morgan fingerprint density at radius 2 is 2.43 bits per heavy atom. The van der Waals surface area contributed by atoms with Gasteiger partial charge in [-0.15, -0.1) is 0 Å². The Kier molecular flexibility index (Phi) is 4.71. The van der Waals surface area contributed by atoms with E-state index >= 15 is 0 Å². The predicted octanol–water partition coefficient (Wildman–Crippen LogP) is 0.117. The van der Waals surface area contributed by atoms with Gasteiger partial charge in [-0.05, 0) is 5.92 Å². The van der Waals surface area contributed by atoms with Crippen LogP contribution < -0.4 is 0 Å². The van der Waals surface area contributed by atoms with Crippen LogP contribution in [0.1, 0.15) is 6.92 Å². The summed E-state index contributed by atoms with van der Waals surface area (Å²) in [5.41, 5.74) is 0. The van der Waals surface area contributed by atoms with Crippen molar-refractivity contribution in [1.82, 2.24) is 4.90 Å². The van der Waals surface area contributed by atoms with Crippen LogP contribution in [0.15, 0.2) is 0 Å². The number of aliphatic hydroxyl groups excluding tert-OH is 1. The zero-order valence-corrected chi connectivity index (χ0v) is 9.16. The van der Waals surface area contributed by atoms with Crippen molar-refractivity contribution in [3.8, 4) is 0 Å². The van der Waals surface area contributed by atoms with Crippen molar-refractivity contribution >= 4 is 17.7 Å². The highest BCUT2D eigenvalue weighted by molar-refractivity contribution is 7.99. The molecular weight excluding hydrogens is 202 g/mol. The number of rotatable bonds is 4. The minimum absolute atomic E-state index is 0.121. The first-order chi connectivity index (χ1) is 6.65. The summed E-state index contributed by atoms with van der Waals surface area (Å²) >= 11 is 1.68. The standard InChI is InChI=1S/C9H17NO3S/c1-7(5-11)4-10-2-3-14-6-8(10)9(12)13/h7-8,11H,2-6H2,1H3,(H,12,13). The van der Waals surface area contributed by atoms with E-state index in [1.165, 1.54) is 0 Å². The van der Waals surface area contributed by atoms with Gasteiger partial charge < -0.3 is 10.2 Å². The average molecular weight is 219 g/mol. The summed E-state index contributed by atoms with van der Waals surface area (Å²) in [4.78, 5) is 12.9. The van der Waals surface area contributed by atoms with Gasteiger partial charge in [0.15, 0.2) is 0 Å². The molecule has 1 aliphatic heterocycles. The molecule has 1 saturated heterocycles. The lowest BCUT2D eigenvalue weighted by atomic mass is 10.1. The molecule has 82 valence electrons. The molecule has 2 unspecified atom stereocenters. The second kappa shape index (κ2) is 5.58. The molecule has 0 aromatic rings. The monoisotopic (exact) mass is 219 g/mol. The molecule has 1 rings (SSSR count). The van der Waals surface area contributed by atoms with E-state index in [0.717, 1.165) is 12.3 Å². The molecule has 1 aliphatic rings. The van der Waals surface area contributed by atoms with Crippen LogP contribution in [0, 0.1) is 5.92 Å². The molecule has 0 aromatic carbocycles. The first kappa shape index (κ1) is 11.8. The highest BCUT2D eigenvalue weighted by Gasteiger charge is 2.29. The number of carbonyl (C=O) groups is 1. The fraction of sp³-hybridized carbons (Fsp3) is 0.889. The van der Waals surface area contributed by atoms with Crippen LogP contribution in [-0.4, -0.2) is 58.3 Å². The normalized spacial score (nSPS) is 26.0. The summed E-state index contributed by atoms with van der Waals surface area (Å²) in [6.45, 7) is 3.54. The summed E-state index contributed by atoms with van der Waals surface area (Å²) in [5, 5.41) is 17.9. The Labute approximate surface area is 88.3 Å². The molecule has 1 heterocycles. The maximum absolute atomic E-state index is 10.9. The van der Waals surface area contributed by atoms with Crippen molar-refractivity contribution in [1.29, 1.82) is 0 Å². The Morgan fingerprint density at radius 3 is 3.00 bits per heavy atom. The van der Waals surface area contributed by atoms with Crippen molar-refractivity contribution < 1.29 is 15.0 Å². The third-order valence-corrected chi connectivity index (χ3v) is 3.40. The maximum Gasteiger partial charge on any atom is 0.321 e. The van der Waals surface area contributed by atoms with Gasteiger partial charge in [0.05, 0.1) is 0 Å². The molecule has 1 fully saturated rings. The highest BCUT2D eigenvalue weighted by atomic mass is 32.2. The molecule has 0 aromatic heterocycles. The Hall–Kier alpha value is -0.260. The second-order valence-corrected chi connectivity index (χ2v) is 4.86. The first-order valence-electron chi connectivity index (χ1n) is 4.80. The maximum atomic E-state index is 10.9. The van der Waals surface area contributed by atoms with Crippen LogP contribution in [-0.2, 0) is 4.79 Å². The number of nitrogens with zero attached hydrogens (tertiary/aromatic N) is 1. The average Bonchev–Trinajstić information content (AvgIpc) is 2.18. The van der Waals surface area contributed by atoms with Gasteiger partial charge in [-0.25, -0.2) is 0 Å². The molecule has 2 N–H and O–H groups in total. The van der Waals surface area contributed by atoms with Gasteiger partial charge in [-0.2, -0.15) is 11.8 Å². The number of carboxylic acids is 1. The number of hydrogen-bond donors (Lipinski definition) is 2. The van der Waals surface area contributed by atoms with Crippen LogP contribution in [0.3, 0.4) is 0 Å². The number of hydrogen-bond acceptors (Lipinski definition) is 4. The van der Waals surface area contributed by atoms with Crippen molar-refractivity contribution in [3.05, 3.63) is 0 Å². The topological polar surface area (TPSA) is 60.8 Å². The molecule has 4 nitrogen and oxygen atoms in total. The van der Waals surface area contributed by atoms with Gasteiger partial charge >= 0.3 is 5.97 Å². The van der Waals surface area contributed by atoms with Crippen LogP contribution in [0.2, 0.25) is 0 Å². The van der Waals surface area contributed by atoms with Gasteiger partial charge in [0, 0.05) is 31.2 Å². The SMILES string of the molecule is CC(CO)CN1CCSCC1C(=O)O. The molecule has 14 heavy (non-hydrogen) atoms. The molecule has 5 heteroatoms. The minimum Gasteiger partial charge on any atom is -0.480 e. The summed E-state index contributed by atoms with van der Waals surface area (Å²) in [7, 11) is 0. The Bertz CT molecular complexity index is 200. The molecule has 0 bridgehead atoms. The zero-order valence-electron chi connectivity index (χ0n) is 8.35. The van der Waals surface area contributed by atoms with Crippen molar-refractivity contribution in [2.24, 2.45) is 5.92 Å². The molecule has 0 amide bonds. The number of aliphatic hydroxyl groups is 1. The van der Waals surface area contributed by atoms with Gasteiger partial charge in [-0.3, -0.25) is 9.69 Å². The van der Waals surface area contributed by atoms with E-state index in [1.54, 1.807) is 11.8 Å². The molecular formula is C9H17NO3S.